The molecular weight excluding hydrogens is 204 g/mol. The van der Waals surface area contributed by atoms with E-state index in [9.17, 15) is 4.79 Å². The number of carbonyl (C=O) groups excluding carboxylic acids is 1. The lowest BCUT2D eigenvalue weighted by atomic mass is 9.96. The van der Waals surface area contributed by atoms with Gasteiger partial charge in [0.25, 0.3) is 0 Å². The molecule has 4 nitrogen and oxygen atoms in total. The SMILES string of the molecule is CC(C)(C)C(=O)NCCC[N+](C)(C)CCO. The van der Waals surface area contributed by atoms with E-state index in [1.54, 1.807) is 0 Å². The Morgan fingerprint density at radius 3 is 2.25 bits per heavy atom. The predicted molar refractivity (Wildman–Crippen MR) is 66.0 cm³/mol. The van der Waals surface area contributed by atoms with Crippen molar-refractivity contribution in [2.75, 3.05) is 40.3 Å². The number of aliphatic hydroxyl groups excluding tert-OH is 1. The number of amides is 1. The van der Waals surface area contributed by atoms with Gasteiger partial charge in [0.1, 0.15) is 6.54 Å². The second kappa shape index (κ2) is 6.21. The number of carbonyl (C=O) groups is 1. The standard InChI is InChI=1S/C12H26N2O2/c1-12(2,3)11(16)13-7-6-8-14(4,5)9-10-15/h15H,6-10H2,1-5H3/p+1. The highest BCUT2D eigenvalue weighted by Gasteiger charge is 2.20. The van der Waals surface area contributed by atoms with Gasteiger partial charge in [-0.05, 0) is 0 Å². The molecule has 0 saturated heterocycles. The van der Waals surface area contributed by atoms with E-state index in [-0.39, 0.29) is 17.9 Å². The van der Waals surface area contributed by atoms with Crippen molar-refractivity contribution in [2.24, 2.45) is 5.41 Å². The number of hydrogen-bond acceptors (Lipinski definition) is 2. The lowest BCUT2D eigenvalue weighted by Crippen LogP contribution is -2.44. The molecule has 0 heterocycles. The van der Waals surface area contributed by atoms with Gasteiger partial charge in [0.15, 0.2) is 0 Å². The monoisotopic (exact) mass is 231 g/mol. The van der Waals surface area contributed by atoms with Gasteiger partial charge >= 0.3 is 0 Å². The van der Waals surface area contributed by atoms with Crippen LogP contribution in [0.25, 0.3) is 0 Å². The van der Waals surface area contributed by atoms with Crippen molar-refractivity contribution in [3.05, 3.63) is 0 Å². The Morgan fingerprint density at radius 2 is 1.81 bits per heavy atom. The van der Waals surface area contributed by atoms with Crippen molar-refractivity contribution in [2.45, 2.75) is 27.2 Å². The molecule has 96 valence electrons. The predicted octanol–water partition coefficient (Wildman–Crippen LogP) is 0.608. The van der Waals surface area contributed by atoms with Crippen LogP contribution in [-0.4, -0.2) is 55.8 Å². The molecule has 0 aliphatic rings. The van der Waals surface area contributed by atoms with Crippen LogP contribution in [-0.2, 0) is 4.79 Å². The van der Waals surface area contributed by atoms with Crippen molar-refractivity contribution < 1.29 is 14.4 Å². The zero-order valence-electron chi connectivity index (χ0n) is 11.3. The first-order chi connectivity index (χ1) is 7.19. The third kappa shape index (κ3) is 6.80. The van der Waals surface area contributed by atoms with E-state index in [1.807, 2.05) is 20.8 Å². The van der Waals surface area contributed by atoms with Crippen LogP contribution in [0.5, 0.6) is 0 Å². The summed E-state index contributed by atoms with van der Waals surface area (Å²) in [4.78, 5) is 11.6. The normalized spacial score (nSPS) is 12.6. The molecule has 0 aromatic carbocycles. The Morgan fingerprint density at radius 1 is 1.25 bits per heavy atom. The summed E-state index contributed by atoms with van der Waals surface area (Å²) in [6.07, 6.45) is 0.939. The van der Waals surface area contributed by atoms with Crippen LogP contribution < -0.4 is 5.32 Å². The fourth-order valence-corrected chi connectivity index (χ4v) is 1.36. The number of quaternary nitrogens is 1. The molecule has 0 bridgehead atoms. The number of nitrogens with zero attached hydrogens (tertiary/aromatic N) is 1. The van der Waals surface area contributed by atoms with E-state index in [4.69, 9.17) is 5.11 Å². The minimum absolute atomic E-state index is 0.0972. The summed E-state index contributed by atoms with van der Waals surface area (Å²) in [7, 11) is 4.17. The maximum atomic E-state index is 11.6. The van der Waals surface area contributed by atoms with E-state index < -0.39 is 0 Å². The summed E-state index contributed by atoms with van der Waals surface area (Å²) in [6, 6.07) is 0. The fraction of sp³-hybridized carbons (Fsp3) is 0.917. The molecule has 0 fully saturated rings. The van der Waals surface area contributed by atoms with Gasteiger partial charge in [-0.1, -0.05) is 20.8 Å². The molecule has 0 saturated carbocycles. The maximum Gasteiger partial charge on any atom is 0.225 e. The van der Waals surface area contributed by atoms with E-state index in [2.05, 4.69) is 19.4 Å². The van der Waals surface area contributed by atoms with Crippen LogP contribution in [0.15, 0.2) is 0 Å². The maximum absolute atomic E-state index is 11.6. The van der Waals surface area contributed by atoms with Gasteiger partial charge < -0.3 is 14.9 Å². The largest absolute Gasteiger partial charge is 0.391 e. The number of rotatable bonds is 6. The molecule has 2 N–H and O–H groups in total. The second-order valence-corrected chi connectivity index (χ2v) is 5.97. The summed E-state index contributed by atoms with van der Waals surface area (Å²) in [5.41, 5.74) is -0.310. The molecule has 0 aromatic heterocycles. The first-order valence-corrected chi connectivity index (χ1v) is 5.90. The molecule has 0 radical (unpaired) electrons. The third-order valence-electron chi connectivity index (χ3n) is 2.61. The topological polar surface area (TPSA) is 49.3 Å². The summed E-state index contributed by atoms with van der Waals surface area (Å²) >= 11 is 0. The third-order valence-corrected chi connectivity index (χ3v) is 2.61. The van der Waals surface area contributed by atoms with Crippen LogP contribution in [0.2, 0.25) is 0 Å². The van der Waals surface area contributed by atoms with Gasteiger partial charge in [0.2, 0.25) is 5.91 Å². The van der Waals surface area contributed by atoms with Crippen molar-refractivity contribution in [3.63, 3.8) is 0 Å². The van der Waals surface area contributed by atoms with Crippen LogP contribution in [0.1, 0.15) is 27.2 Å². The average Bonchev–Trinajstić information content (AvgIpc) is 2.10. The lowest BCUT2D eigenvalue weighted by molar-refractivity contribution is -0.890. The number of nitrogens with one attached hydrogen (secondary N) is 1. The summed E-state index contributed by atoms with van der Waals surface area (Å²) in [6.45, 7) is 8.37. The Bertz CT molecular complexity index is 220. The van der Waals surface area contributed by atoms with Gasteiger partial charge in [0.05, 0.1) is 27.2 Å². The molecule has 0 aromatic rings. The summed E-state index contributed by atoms with van der Waals surface area (Å²) in [5.74, 6) is 0.0972. The van der Waals surface area contributed by atoms with E-state index in [0.29, 0.717) is 6.54 Å². The first kappa shape index (κ1) is 15.4. The van der Waals surface area contributed by atoms with Crippen molar-refractivity contribution in [1.29, 1.82) is 0 Å². The quantitative estimate of drug-likeness (QED) is 0.520. The highest BCUT2D eigenvalue weighted by atomic mass is 16.3. The van der Waals surface area contributed by atoms with E-state index >= 15 is 0 Å². The first-order valence-electron chi connectivity index (χ1n) is 5.90. The van der Waals surface area contributed by atoms with Gasteiger partial charge in [-0.15, -0.1) is 0 Å². The Balaban J connectivity index is 3.73. The summed E-state index contributed by atoms with van der Waals surface area (Å²) < 4.78 is 0.794. The molecule has 0 aliphatic carbocycles. The molecule has 0 unspecified atom stereocenters. The van der Waals surface area contributed by atoms with Gasteiger partial charge in [-0.2, -0.15) is 0 Å². The van der Waals surface area contributed by atoms with Crippen molar-refractivity contribution in [3.8, 4) is 0 Å². The Hall–Kier alpha value is -0.610. The second-order valence-electron chi connectivity index (χ2n) is 5.97. The Kier molecular flexibility index (Phi) is 5.97. The molecule has 0 atom stereocenters. The number of hydrogen-bond donors (Lipinski definition) is 2. The molecule has 16 heavy (non-hydrogen) atoms. The molecule has 0 rings (SSSR count). The highest BCUT2D eigenvalue weighted by Crippen LogP contribution is 2.12. The summed E-state index contributed by atoms with van der Waals surface area (Å²) in [5, 5.41) is 11.8. The molecule has 1 amide bonds. The van der Waals surface area contributed by atoms with E-state index in [0.717, 1.165) is 24.0 Å². The van der Waals surface area contributed by atoms with Crippen LogP contribution in [0.4, 0.5) is 0 Å². The molecule has 4 heteroatoms. The number of likely N-dealkylation sites (N-methyl/N-ethyl adjacent to an activating group) is 1. The number of aliphatic hydroxyl groups is 1. The smallest absolute Gasteiger partial charge is 0.225 e. The Labute approximate surface area is 99.2 Å². The molecular formula is C12H27N2O2+. The van der Waals surface area contributed by atoms with Gasteiger partial charge in [-0.25, -0.2) is 0 Å². The zero-order chi connectivity index (χ0) is 12.8. The van der Waals surface area contributed by atoms with Crippen LogP contribution in [0.3, 0.4) is 0 Å². The lowest BCUT2D eigenvalue weighted by Gasteiger charge is -2.29. The zero-order valence-corrected chi connectivity index (χ0v) is 11.3. The van der Waals surface area contributed by atoms with Crippen molar-refractivity contribution >= 4 is 5.91 Å². The molecule has 0 spiro atoms. The van der Waals surface area contributed by atoms with Gasteiger partial charge in [-0.3, -0.25) is 4.79 Å². The van der Waals surface area contributed by atoms with Crippen LogP contribution >= 0.6 is 0 Å². The highest BCUT2D eigenvalue weighted by molar-refractivity contribution is 5.81. The average molecular weight is 231 g/mol. The van der Waals surface area contributed by atoms with E-state index in [1.165, 1.54) is 0 Å². The minimum Gasteiger partial charge on any atom is -0.391 e. The minimum atomic E-state index is -0.310. The van der Waals surface area contributed by atoms with Gasteiger partial charge in [0, 0.05) is 18.4 Å². The van der Waals surface area contributed by atoms with Crippen LogP contribution in [0, 0.1) is 5.41 Å². The fourth-order valence-electron chi connectivity index (χ4n) is 1.36. The van der Waals surface area contributed by atoms with Crippen molar-refractivity contribution in [1.82, 2.24) is 5.32 Å². The molecule has 0 aliphatic heterocycles.